The molecule has 3 heteroatoms. The van der Waals surface area contributed by atoms with E-state index in [2.05, 4.69) is 65.8 Å². The minimum Gasteiger partial charge on any atom is -0.289 e. The van der Waals surface area contributed by atoms with Crippen LogP contribution in [0.5, 0.6) is 0 Å². The zero-order valence-corrected chi connectivity index (χ0v) is 20.7. The lowest BCUT2D eigenvalue weighted by Gasteiger charge is -2.25. The summed E-state index contributed by atoms with van der Waals surface area (Å²) in [4.78, 5) is 27.3. The van der Waals surface area contributed by atoms with Gasteiger partial charge in [0.05, 0.1) is 0 Å². The normalized spacial score (nSPS) is 20.6. The Kier molecular flexibility index (Phi) is 6.12. The van der Waals surface area contributed by atoms with Crippen LogP contribution in [0, 0.1) is 10.8 Å². The van der Waals surface area contributed by atoms with Crippen molar-refractivity contribution >= 4 is 35.1 Å². The largest absolute Gasteiger partial charge is 0.289 e. The molecule has 0 radical (unpaired) electrons. The average Bonchev–Trinajstić information content (AvgIpc) is 3.05. The van der Waals surface area contributed by atoms with Gasteiger partial charge in [-0.3, -0.25) is 9.59 Å². The van der Waals surface area contributed by atoms with Gasteiger partial charge in [0, 0.05) is 20.9 Å². The van der Waals surface area contributed by atoms with Crippen LogP contribution in [0.2, 0.25) is 0 Å². The number of hydrogen-bond acceptors (Lipinski definition) is 3. The minimum absolute atomic E-state index is 0.136. The van der Waals surface area contributed by atoms with E-state index in [9.17, 15) is 9.59 Å². The van der Waals surface area contributed by atoms with Crippen LogP contribution in [0.15, 0.2) is 69.9 Å². The monoisotopic (exact) mass is 432 g/mol. The van der Waals surface area contributed by atoms with Crippen LogP contribution >= 0.6 is 11.3 Å². The van der Waals surface area contributed by atoms with Crippen LogP contribution in [0.4, 0.5) is 0 Å². The van der Waals surface area contributed by atoms with Gasteiger partial charge in [0.1, 0.15) is 0 Å². The van der Waals surface area contributed by atoms with Crippen molar-refractivity contribution in [3.05, 3.63) is 79.6 Å². The predicted octanol–water partition coefficient (Wildman–Crippen LogP) is 7.52. The highest BCUT2D eigenvalue weighted by Crippen LogP contribution is 2.35. The molecule has 0 saturated carbocycles. The number of Topliss-reactive ketones (excluding diaryl/α,β-unsaturated/α-hetero) is 2. The Morgan fingerprint density at radius 2 is 1.00 bits per heavy atom. The van der Waals surface area contributed by atoms with E-state index in [4.69, 9.17) is 0 Å². The summed E-state index contributed by atoms with van der Waals surface area (Å²) in [5.41, 5.74) is 5.01. The second-order valence-electron chi connectivity index (χ2n) is 10.5. The fourth-order valence-electron chi connectivity index (χ4n) is 3.74. The summed E-state index contributed by atoms with van der Waals surface area (Å²) in [6, 6.07) is 4.21. The van der Waals surface area contributed by atoms with Crippen LogP contribution in [0.3, 0.4) is 0 Å². The van der Waals surface area contributed by atoms with Crippen molar-refractivity contribution in [1.82, 2.24) is 0 Å². The summed E-state index contributed by atoms with van der Waals surface area (Å²) < 4.78 is 0. The number of allylic oxidation sites excluding steroid dienone is 10. The van der Waals surface area contributed by atoms with Crippen LogP contribution in [-0.2, 0) is 9.59 Å². The quantitative estimate of drug-likeness (QED) is 0.484. The van der Waals surface area contributed by atoms with Crippen LogP contribution in [0.1, 0.15) is 65.1 Å². The molecule has 0 atom stereocenters. The second-order valence-corrected chi connectivity index (χ2v) is 11.6. The zero-order chi connectivity index (χ0) is 23.1. The molecule has 0 bridgehead atoms. The number of ketones is 2. The highest BCUT2D eigenvalue weighted by atomic mass is 32.1. The lowest BCUT2D eigenvalue weighted by atomic mass is 9.78. The third-order valence-corrected chi connectivity index (χ3v) is 6.45. The second kappa shape index (κ2) is 8.20. The van der Waals surface area contributed by atoms with Gasteiger partial charge in [-0.25, -0.2) is 0 Å². The predicted molar refractivity (Wildman–Crippen MR) is 133 cm³/mol. The molecule has 0 aromatic carbocycles. The van der Waals surface area contributed by atoms with Gasteiger partial charge in [-0.2, -0.15) is 0 Å². The molecule has 0 spiro atoms. The highest BCUT2D eigenvalue weighted by Gasteiger charge is 2.28. The third kappa shape index (κ3) is 5.22. The van der Waals surface area contributed by atoms with Gasteiger partial charge in [-0.1, -0.05) is 41.5 Å². The fourth-order valence-corrected chi connectivity index (χ4v) is 4.67. The number of hydrogen-bond donors (Lipinski definition) is 0. The average molecular weight is 433 g/mol. The van der Waals surface area contributed by atoms with E-state index in [0.717, 1.165) is 43.2 Å². The van der Waals surface area contributed by atoms with Crippen LogP contribution in [0.25, 0.3) is 12.2 Å². The van der Waals surface area contributed by atoms with Gasteiger partial charge in [-0.15, -0.1) is 11.3 Å². The molecular formula is C28H32O2S. The molecule has 0 saturated heterocycles. The Labute approximate surface area is 190 Å². The molecule has 0 amide bonds. The molecule has 0 unspecified atom stereocenters. The van der Waals surface area contributed by atoms with E-state index in [0.29, 0.717) is 0 Å². The van der Waals surface area contributed by atoms with Gasteiger partial charge in [0.2, 0.25) is 0 Å². The lowest BCUT2D eigenvalue weighted by molar-refractivity contribution is -0.113. The number of carbonyl (C=O) groups is 2. The van der Waals surface area contributed by atoms with Gasteiger partial charge >= 0.3 is 0 Å². The number of rotatable bonds is 2. The molecule has 1 aromatic heterocycles. The standard InChI is InChI=1S/C28H32O2S/c1-17-11-19(15-23(25(17)29)27(3,4)5)13-21-9-10-22(31-21)14-20-12-18(2)26(30)24(16-20)28(6,7)8/h9-16H,1-8H3. The topological polar surface area (TPSA) is 34.1 Å². The van der Waals surface area contributed by atoms with E-state index in [1.807, 2.05) is 38.2 Å². The Balaban J connectivity index is 1.94. The van der Waals surface area contributed by atoms with E-state index in [-0.39, 0.29) is 22.4 Å². The molecule has 1 heterocycles. The molecule has 2 aliphatic rings. The maximum atomic E-state index is 12.5. The Morgan fingerprint density at radius 3 is 1.32 bits per heavy atom. The number of carbonyl (C=O) groups excluding carboxylic acids is 2. The van der Waals surface area contributed by atoms with E-state index in [1.165, 1.54) is 0 Å². The molecule has 0 aliphatic heterocycles. The first-order valence-corrected chi connectivity index (χ1v) is 11.5. The first-order chi connectivity index (χ1) is 14.3. The summed E-state index contributed by atoms with van der Waals surface area (Å²) in [6.45, 7) is 16.2. The van der Waals surface area contributed by atoms with Crippen molar-refractivity contribution in [3.63, 3.8) is 0 Å². The first-order valence-electron chi connectivity index (χ1n) is 10.7. The van der Waals surface area contributed by atoms with Gasteiger partial charge in [0.15, 0.2) is 11.6 Å². The maximum absolute atomic E-state index is 12.5. The van der Waals surface area contributed by atoms with E-state index in [1.54, 1.807) is 11.3 Å². The summed E-state index contributed by atoms with van der Waals surface area (Å²) in [5, 5.41) is 0. The highest BCUT2D eigenvalue weighted by molar-refractivity contribution is 7.13. The van der Waals surface area contributed by atoms with Crippen molar-refractivity contribution in [2.75, 3.05) is 0 Å². The van der Waals surface area contributed by atoms with Gasteiger partial charge < -0.3 is 0 Å². The Hall–Kier alpha value is -2.52. The van der Waals surface area contributed by atoms with E-state index >= 15 is 0 Å². The zero-order valence-electron chi connectivity index (χ0n) is 19.8. The van der Waals surface area contributed by atoms with Crippen molar-refractivity contribution in [2.45, 2.75) is 55.4 Å². The molecule has 1 aromatic rings. The van der Waals surface area contributed by atoms with E-state index < -0.39 is 0 Å². The molecule has 31 heavy (non-hydrogen) atoms. The van der Waals surface area contributed by atoms with Crippen LogP contribution in [-0.4, -0.2) is 11.6 Å². The fraction of sp³-hybridized carbons (Fsp3) is 0.357. The summed E-state index contributed by atoms with van der Waals surface area (Å²) in [6.07, 6.45) is 12.2. The Bertz CT molecular complexity index is 1040. The summed E-state index contributed by atoms with van der Waals surface area (Å²) in [5.74, 6) is 0.272. The summed E-state index contributed by atoms with van der Waals surface area (Å²) in [7, 11) is 0. The molecule has 162 valence electrons. The Morgan fingerprint density at radius 1 is 0.645 bits per heavy atom. The molecule has 0 fully saturated rings. The van der Waals surface area contributed by atoms with Gasteiger partial charge in [-0.05, 0) is 95.6 Å². The van der Waals surface area contributed by atoms with Crippen LogP contribution < -0.4 is 0 Å². The summed E-state index contributed by atoms with van der Waals surface area (Å²) >= 11 is 1.70. The lowest BCUT2D eigenvalue weighted by Crippen LogP contribution is -2.21. The molecule has 0 N–H and O–H groups in total. The van der Waals surface area contributed by atoms with Crippen molar-refractivity contribution in [1.29, 1.82) is 0 Å². The molecule has 2 nitrogen and oxygen atoms in total. The SMILES string of the molecule is CC1=CC(=Cc2ccc(C=C3C=C(C)C(=O)C(C(C)(C)C)=C3)s2)C=C(C(C)(C)C)C1=O. The third-order valence-electron chi connectivity index (χ3n) is 5.48. The van der Waals surface area contributed by atoms with Crippen molar-refractivity contribution < 1.29 is 9.59 Å². The maximum Gasteiger partial charge on any atom is 0.185 e. The van der Waals surface area contributed by atoms with Crippen molar-refractivity contribution in [2.24, 2.45) is 10.8 Å². The minimum atomic E-state index is -0.184. The smallest absolute Gasteiger partial charge is 0.185 e. The van der Waals surface area contributed by atoms with Gasteiger partial charge in [0.25, 0.3) is 0 Å². The number of thiophene rings is 1. The molecular weight excluding hydrogens is 400 g/mol. The first kappa shape index (κ1) is 23.1. The molecule has 3 rings (SSSR count). The molecule has 2 aliphatic carbocycles. The van der Waals surface area contributed by atoms with Crippen molar-refractivity contribution in [3.8, 4) is 0 Å².